The minimum Gasteiger partial charge on any atom is -0.457 e. The number of benzene rings is 2. The zero-order chi connectivity index (χ0) is 18.8. The Balaban J connectivity index is 1.49. The van der Waals surface area contributed by atoms with Gasteiger partial charge in [0.1, 0.15) is 23.5 Å². The lowest BCUT2D eigenvalue weighted by Crippen LogP contribution is -2.32. The molecule has 28 heavy (non-hydrogen) atoms. The first-order valence-electron chi connectivity index (χ1n) is 9.61. The van der Waals surface area contributed by atoms with Crippen molar-refractivity contribution in [3.63, 3.8) is 0 Å². The second-order valence-corrected chi connectivity index (χ2v) is 6.99. The summed E-state index contributed by atoms with van der Waals surface area (Å²) in [4.78, 5) is 8.74. The fraction of sp³-hybridized carbons (Fsp3) is 0.227. The topological polar surface area (TPSA) is 64.9 Å². The van der Waals surface area contributed by atoms with Crippen LogP contribution in [-0.2, 0) is 0 Å². The van der Waals surface area contributed by atoms with Crippen molar-refractivity contribution in [1.29, 1.82) is 0 Å². The first kappa shape index (κ1) is 16.9. The third-order valence-electron chi connectivity index (χ3n) is 5.09. The Kier molecular flexibility index (Phi) is 4.47. The van der Waals surface area contributed by atoms with Gasteiger partial charge in [0.15, 0.2) is 5.65 Å². The zero-order valence-corrected chi connectivity index (χ0v) is 15.5. The van der Waals surface area contributed by atoms with Crippen molar-refractivity contribution in [2.45, 2.75) is 18.9 Å². The average molecular weight is 371 g/mol. The van der Waals surface area contributed by atoms with Gasteiger partial charge >= 0.3 is 0 Å². The van der Waals surface area contributed by atoms with Crippen LogP contribution in [0.3, 0.4) is 0 Å². The molecule has 0 aliphatic carbocycles. The molecule has 1 aliphatic heterocycles. The number of para-hydroxylation sites is 1. The van der Waals surface area contributed by atoms with Gasteiger partial charge in [0.25, 0.3) is 0 Å². The molecule has 6 heteroatoms. The second-order valence-electron chi connectivity index (χ2n) is 6.99. The highest BCUT2D eigenvalue weighted by Crippen LogP contribution is 2.31. The fourth-order valence-electron chi connectivity index (χ4n) is 3.70. The maximum atomic E-state index is 5.90. The number of hydrogen-bond donors (Lipinski definition) is 1. The number of nitrogens with one attached hydrogen (secondary N) is 1. The van der Waals surface area contributed by atoms with Crippen LogP contribution in [0.15, 0.2) is 67.1 Å². The molecular weight excluding hydrogens is 350 g/mol. The maximum absolute atomic E-state index is 5.90. The van der Waals surface area contributed by atoms with Crippen LogP contribution >= 0.6 is 0 Å². The summed E-state index contributed by atoms with van der Waals surface area (Å²) in [6.45, 7) is 1.99. The Morgan fingerprint density at radius 3 is 2.61 bits per heavy atom. The summed E-state index contributed by atoms with van der Waals surface area (Å²) in [5.74, 6) is 1.62. The summed E-state index contributed by atoms with van der Waals surface area (Å²) < 4.78 is 7.96. The molecule has 2 aromatic carbocycles. The van der Waals surface area contributed by atoms with E-state index < -0.39 is 0 Å². The molecule has 0 unspecified atom stereocenters. The van der Waals surface area contributed by atoms with Gasteiger partial charge in [0.05, 0.1) is 11.4 Å². The highest BCUT2D eigenvalue weighted by Gasteiger charge is 2.21. The molecule has 0 amide bonds. The molecule has 0 saturated carbocycles. The van der Waals surface area contributed by atoms with Gasteiger partial charge in [-0.05, 0) is 55.8 Å². The van der Waals surface area contributed by atoms with Gasteiger partial charge in [-0.15, -0.1) is 0 Å². The number of piperidine rings is 1. The third-order valence-corrected chi connectivity index (χ3v) is 5.09. The van der Waals surface area contributed by atoms with Crippen LogP contribution in [0, 0.1) is 0 Å². The lowest BCUT2D eigenvalue weighted by atomic mass is 10.1. The molecule has 1 saturated heterocycles. The lowest BCUT2D eigenvalue weighted by Gasteiger charge is -2.23. The van der Waals surface area contributed by atoms with E-state index in [4.69, 9.17) is 9.84 Å². The summed E-state index contributed by atoms with van der Waals surface area (Å²) in [6, 6.07) is 18.1. The molecule has 0 bridgehead atoms. The van der Waals surface area contributed by atoms with E-state index in [-0.39, 0.29) is 0 Å². The quantitative estimate of drug-likeness (QED) is 0.582. The summed E-state index contributed by atoms with van der Waals surface area (Å²) >= 11 is 0. The van der Waals surface area contributed by atoms with Gasteiger partial charge in [-0.25, -0.2) is 14.6 Å². The Morgan fingerprint density at radius 1 is 1.00 bits per heavy atom. The molecule has 140 valence electrons. The summed E-state index contributed by atoms with van der Waals surface area (Å²) in [6.07, 6.45) is 5.71. The largest absolute Gasteiger partial charge is 0.457 e. The van der Waals surface area contributed by atoms with Crippen molar-refractivity contribution in [3.05, 3.63) is 67.1 Å². The molecule has 0 spiro atoms. The van der Waals surface area contributed by atoms with Crippen molar-refractivity contribution >= 4 is 11.0 Å². The normalized spacial score (nSPS) is 16.9. The van der Waals surface area contributed by atoms with Crippen molar-refractivity contribution in [3.8, 4) is 22.8 Å². The van der Waals surface area contributed by atoms with E-state index in [2.05, 4.69) is 20.0 Å². The Hall–Kier alpha value is -3.25. The predicted molar refractivity (Wildman–Crippen MR) is 108 cm³/mol. The van der Waals surface area contributed by atoms with Crippen LogP contribution in [0.1, 0.15) is 18.9 Å². The van der Waals surface area contributed by atoms with Crippen molar-refractivity contribution in [1.82, 2.24) is 25.1 Å². The monoisotopic (exact) mass is 371 g/mol. The highest BCUT2D eigenvalue weighted by atomic mass is 16.5. The first-order valence-corrected chi connectivity index (χ1v) is 9.61. The molecule has 0 radical (unpaired) electrons. The van der Waals surface area contributed by atoms with E-state index in [1.165, 1.54) is 0 Å². The van der Waals surface area contributed by atoms with E-state index in [1.54, 1.807) is 6.33 Å². The van der Waals surface area contributed by atoms with Crippen molar-refractivity contribution in [2.75, 3.05) is 13.1 Å². The first-order chi connectivity index (χ1) is 13.9. The van der Waals surface area contributed by atoms with E-state index in [9.17, 15) is 0 Å². The molecule has 6 nitrogen and oxygen atoms in total. The molecule has 2 aromatic heterocycles. The maximum Gasteiger partial charge on any atom is 0.162 e. The molecule has 4 aromatic rings. The van der Waals surface area contributed by atoms with E-state index in [1.807, 2.05) is 60.8 Å². The summed E-state index contributed by atoms with van der Waals surface area (Å²) in [5, 5.41) is 9.36. The van der Waals surface area contributed by atoms with E-state index in [0.29, 0.717) is 6.04 Å². The average Bonchev–Trinajstić information content (AvgIpc) is 3.15. The fourth-order valence-corrected chi connectivity index (χ4v) is 3.70. The molecule has 3 heterocycles. The standard InChI is InChI=1S/C22H21N5O/c1-2-6-18(7-3-1)28-19-10-8-16(9-11-19)21-20-14-24-15-25-22(20)27(26-21)17-5-4-12-23-13-17/h1-3,6-11,14-15,17,23H,4-5,12-13H2/t17-/m1/s1. The molecule has 1 aliphatic rings. The molecule has 1 atom stereocenters. The number of aromatic nitrogens is 4. The van der Waals surface area contributed by atoms with Gasteiger partial charge in [0, 0.05) is 18.3 Å². The Morgan fingerprint density at radius 2 is 1.82 bits per heavy atom. The molecule has 5 rings (SSSR count). The SMILES string of the molecule is c1ccc(Oc2ccc(-c3nn([C@@H]4CCCNC4)c4ncncc34)cc2)cc1. The Bertz CT molecular complexity index is 1070. The molecule has 1 N–H and O–H groups in total. The summed E-state index contributed by atoms with van der Waals surface area (Å²) in [7, 11) is 0. The highest BCUT2D eigenvalue weighted by molar-refractivity contribution is 5.90. The summed E-state index contributed by atoms with van der Waals surface area (Å²) in [5.41, 5.74) is 2.83. The van der Waals surface area contributed by atoms with Crippen molar-refractivity contribution < 1.29 is 4.74 Å². The second kappa shape index (κ2) is 7.40. The zero-order valence-electron chi connectivity index (χ0n) is 15.5. The van der Waals surface area contributed by atoms with Crippen LogP contribution in [0.4, 0.5) is 0 Å². The lowest BCUT2D eigenvalue weighted by molar-refractivity contribution is 0.354. The van der Waals surface area contributed by atoms with Gasteiger partial charge in [-0.1, -0.05) is 18.2 Å². The number of fused-ring (bicyclic) bond motifs is 1. The third kappa shape index (κ3) is 3.23. The molecule has 1 fully saturated rings. The van der Waals surface area contributed by atoms with Crippen LogP contribution in [0.5, 0.6) is 11.5 Å². The smallest absolute Gasteiger partial charge is 0.162 e. The minimum absolute atomic E-state index is 0.320. The van der Waals surface area contributed by atoms with Crippen LogP contribution in [0.25, 0.3) is 22.3 Å². The predicted octanol–water partition coefficient (Wildman–Crippen LogP) is 4.21. The number of rotatable bonds is 4. The van der Waals surface area contributed by atoms with Gasteiger partial charge < -0.3 is 10.1 Å². The molecular formula is C22H21N5O. The van der Waals surface area contributed by atoms with Gasteiger partial charge in [-0.2, -0.15) is 5.10 Å². The number of nitrogens with zero attached hydrogens (tertiary/aromatic N) is 4. The Labute approximate surface area is 163 Å². The number of hydrogen-bond acceptors (Lipinski definition) is 5. The van der Waals surface area contributed by atoms with Crippen LogP contribution in [0.2, 0.25) is 0 Å². The van der Waals surface area contributed by atoms with Crippen molar-refractivity contribution in [2.24, 2.45) is 0 Å². The number of ether oxygens (including phenoxy) is 1. The van der Waals surface area contributed by atoms with Gasteiger partial charge in [-0.3, -0.25) is 0 Å². The van der Waals surface area contributed by atoms with E-state index >= 15 is 0 Å². The van der Waals surface area contributed by atoms with Crippen LogP contribution < -0.4 is 10.1 Å². The van der Waals surface area contributed by atoms with Crippen LogP contribution in [-0.4, -0.2) is 32.8 Å². The minimum atomic E-state index is 0.320. The van der Waals surface area contributed by atoms with Gasteiger partial charge in [0.2, 0.25) is 0 Å². The van der Waals surface area contributed by atoms with E-state index in [0.717, 1.165) is 59.7 Å².